The fourth-order valence-corrected chi connectivity index (χ4v) is 2.09. The summed E-state index contributed by atoms with van der Waals surface area (Å²) in [5.41, 5.74) is 1.89. The number of hydrogen-bond acceptors (Lipinski definition) is 4. The Morgan fingerprint density at radius 3 is 2.95 bits per heavy atom. The monoisotopic (exact) mass is 273 g/mol. The van der Waals surface area contributed by atoms with E-state index in [-0.39, 0.29) is 11.6 Å². The second-order valence-electron chi connectivity index (χ2n) is 4.44. The van der Waals surface area contributed by atoms with Gasteiger partial charge in [-0.3, -0.25) is 14.9 Å². The minimum absolute atomic E-state index is 0.0320. The summed E-state index contributed by atoms with van der Waals surface area (Å²) < 4.78 is 0. The van der Waals surface area contributed by atoms with Crippen LogP contribution < -0.4 is 10.6 Å². The minimum Gasteiger partial charge on any atom is -0.379 e. The summed E-state index contributed by atoms with van der Waals surface area (Å²) in [6.07, 6.45) is 1.63. The van der Waals surface area contributed by atoms with Crippen molar-refractivity contribution in [3.63, 3.8) is 0 Å². The van der Waals surface area contributed by atoms with Crippen molar-refractivity contribution < 1.29 is 9.72 Å². The van der Waals surface area contributed by atoms with E-state index in [1.165, 1.54) is 6.07 Å². The van der Waals surface area contributed by atoms with Gasteiger partial charge in [0.15, 0.2) is 0 Å². The van der Waals surface area contributed by atoms with Crippen LogP contribution in [0.3, 0.4) is 0 Å². The van der Waals surface area contributed by atoms with E-state index in [0.717, 1.165) is 5.56 Å². The molecule has 2 N–H and O–H groups in total. The van der Waals surface area contributed by atoms with Crippen molar-refractivity contribution in [1.29, 1.82) is 0 Å². The highest BCUT2D eigenvalue weighted by Crippen LogP contribution is 2.34. The lowest BCUT2D eigenvalue weighted by atomic mass is 10.0. The van der Waals surface area contributed by atoms with E-state index in [4.69, 9.17) is 0 Å². The van der Waals surface area contributed by atoms with E-state index in [9.17, 15) is 14.9 Å². The lowest BCUT2D eigenvalue weighted by molar-refractivity contribution is -0.383. The Labute approximate surface area is 116 Å². The third-order valence-corrected chi connectivity index (χ3v) is 3.06. The maximum Gasteiger partial charge on any atom is 0.294 e. The van der Waals surface area contributed by atoms with Crippen LogP contribution >= 0.6 is 0 Å². The van der Waals surface area contributed by atoms with Crippen molar-refractivity contribution in [2.45, 2.75) is 26.2 Å². The number of rotatable bonds is 4. The maximum atomic E-state index is 11.3. The Bertz CT molecular complexity index is 614. The summed E-state index contributed by atoms with van der Waals surface area (Å²) in [6.45, 7) is 2.30. The largest absolute Gasteiger partial charge is 0.379 e. The topological polar surface area (TPSA) is 84.3 Å². The fourth-order valence-electron chi connectivity index (χ4n) is 2.09. The first-order chi connectivity index (χ1) is 9.61. The summed E-state index contributed by atoms with van der Waals surface area (Å²) in [5, 5.41) is 16.8. The van der Waals surface area contributed by atoms with Gasteiger partial charge in [0, 0.05) is 25.5 Å². The van der Waals surface area contributed by atoms with Gasteiger partial charge in [-0.05, 0) is 25.0 Å². The van der Waals surface area contributed by atoms with Gasteiger partial charge in [-0.1, -0.05) is 0 Å². The number of aryl methyl sites for hydroxylation is 1. The Hall–Kier alpha value is -2.55. The molecule has 6 nitrogen and oxygen atoms in total. The van der Waals surface area contributed by atoms with E-state index >= 15 is 0 Å². The van der Waals surface area contributed by atoms with Crippen LogP contribution in [0, 0.1) is 22.0 Å². The van der Waals surface area contributed by atoms with Crippen molar-refractivity contribution in [3.8, 4) is 11.8 Å². The van der Waals surface area contributed by atoms with Crippen LogP contribution in [0.15, 0.2) is 12.1 Å². The van der Waals surface area contributed by atoms with E-state index in [0.29, 0.717) is 37.2 Å². The Kier molecular flexibility index (Phi) is 4.20. The molecule has 0 bridgehead atoms. The number of amides is 1. The third-order valence-electron chi connectivity index (χ3n) is 3.06. The molecule has 0 fully saturated rings. The highest BCUT2D eigenvalue weighted by atomic mass is 16.6. The zero-order valence-corrected chi connectivity index (χ0v) is 11.2. The quantitative estimate of drug-likeness (QED) is 0.381. The normalized spacial score (nSPS) is 12.8. The number of nitrogens with zero attached hydrogens (tertiary/aromatic N) is 1. The zero-order valence-electron chi connectivity index (χ0n) is 11.2. The SMILES string of the molecule is CC#CCCNc1cc2c(cc1[N+](=O)[O-])NC(=O)CC2. The van der Waals surface area contributed by atoms with Crippen LogP contribution in [-0.4, -0.2) is 17.4 Å². The fraction of sp³-hybridized carbons (Fsp3) is 0.357. The molecule has 0 spiro atoms. The summed E-state index contributed by atoms with van der Waals surface area (Å²) in [7, 11) is 0. The average Bonchev–Trinajstić information content (AvgIpc) is 2.42. The molecule has 1 aromatic carbocycles. The van der Waals surface area contributed by atoms with Crippen molar-refractivity contribution in [2.24, 2.45) is 0 Å². The lowest BCUT2D eigenvalue weighted by Crippen LogP contribution is -2.19. The number of fused-ring (bicyclic) bond motifs is 1. The second-order valence-corrected chi connectivity index (χ2v) is 4.44. The molecule has 1 amide bonds. The predicted octanol–water partition coefficient (Wildman–Crippen LogP) is 2.30. The minimum atomic E-state index is -0.450. The first-order valence-electron chi connectivity index (χ1n) is 6.36. The highest BCUT2D eigenvalue weighted by molar-refractivity contribution is 5.95. The van der Waals surface area contributed by atoms with Crippen LogP contribution in [0.4, 0.5) is 17.1 Å². The summed E-state index contributed by atoms with van der Waals surface area (Å²) in [5.74, 6) is 5.56. The predicted molar refractivity (Wildman–Crippen MR) is 76.6 cm³/mol. The lowest BCUT2D eigenvalue weighted by Gasteiger charge is -2.18. The number of nitrogens with one attached hydrogen (secondary N) is 2. The molecule has 0 unspecified atom stereocenters. The van der Waals surface area contributed by atoms with Gasteiger partial charge < -0.3 is 10.6 Å². The zero-order chi connectivity index (χ0) is 14.5. The molecule has 1 aromatic rings. The van der Waals surface area contributed by atoms with Crippen LogP contribution in [0.2, 0.25) is 0 Å². The van der Waals surface area contributed by atoms with Gasteiger partial charge >= 0.3 is 0 Å². The van der Waals surface area contributed by atoms with Gasteiger partial charge in [-0.25, -0.2) is 0 Å². The second kappa shape index (κ2) is 6.06. The first kappa shape index (κ1) is 13.9. The van der Waals surface area contributed by atoms with Gasteiger partial charge in [0.1, 0.15) is 5.69 Å². The number of nitro groups is 1. The van der Waals surface area contributed by atoms with Gasteiger partial charge in [-0.15, -0.1) is 11.8 Å². The molecule has 104 valence electrons. The Morgan fingerprint density at radius 2 is 2.25 bits per heavy atom. The summed E-state index contributed by atoms with van der Waals surface area (Å²) in [4.78, 5) is 22.0. The molecule has 0 atom stereocenters. The van der Waals surface area contributed by atoms with Crippen molar-refractivity contribution >= 4 is 23.0 Å². The molecule has 1 heterocycles. The smallest absolute Gasteiger partial charge is 0.294 e. The maximum absolute atomic E-state index is 11.3. The summed E-state index contributed by atoms with van der Waals surface area (Å²) >= 11 is 0. The molecule has 6 heteroatoms. The molecule has 0 saturated carbocycles. The van der Waals surface area contributed by atoms with Gasteiger partial charge in [0.2, 0.25) is 5.91 Å². The van der Waals surface area contributed by atoms with Gasteiger partial charge in [0.25, 0.3) is 5.69 Å². The molecule has 0 saturated heterocycles. The number of carbonyl (C=O) groups excluding carboxylic acids is 1. The van der Waals surface area contributed by atoms with Crippen LogP contribution in [-0.2, 0) is 11.2 Å². The third kappa shape index (κ3) is 3.06. The van der Waals surface area contributed by atoms with Crippen molar-refractivity contribution in [3.05, 3.63) is 27.8 Å². The van der Waals surface area contributed by atoms with Crippen LogP contribution in [0.5, 0.6) is 0 Å². The average molecular weight is 273 g/mol. The van der Waals surface area contributed by atoms with E-state index in [1.807, 2.05) is 0 Å². The van der Waals surface area contributed by atoms with E-state index in [2.05, 4.69) is 22.5 Å². The van der Waals surface area contributed by atoms with Gasteiger partial charge in [-0.2, -0.15) is 0 Å². The molecule has 2 rings (SSSR count). The number of benzene rings is 1. The number of anilines is 2. The molecule has 0 aromatic heterocycles. The molecule has 20 heavy (non-hydrogen) atoms. The van der Waals surface area contributed by atoms with Crippen molar-refractivity contribution in [2.75, 3.05) is 17.2 Å². The Morgan fingerprint density at radius 1 is 1.45 bits per heavy atom. The molecule has 1 aliphatic heterocycles. The standard InChI is InChI=1S/C14H15N3O3/c1-2-3-4-7-15-12-8-10-5-6-14(18)16-11(10)9-13(12)17(19)20/h8-9,15H,4-7H2,1H3,(H,16,18). The number of hydrogen-bond donors (Lipinski definition) is 2. The van der Waals surface area contributed by atoms with E-state index in [1.54, 1.807) is 13.0 Å². The summed E-state index contributed by atoms with van der Waals surface area (Å²) in [6, 6.07) is 3.16. The number of nitro benzene ring substituents is 1. The molecule has 0 radical (unpaired) electrons. The molecule has 1 aliphatic rings. The van der Waals surface area contributed by atoms with Gasteiger partial charge in [0.05, 0.1) is 10.6 Å². The van der Waals surface area contributed by atoms with Crippen molar-refractivity contribution in [1.82, 2.24) is 0 Å². The van der Waals surface area contributed by atoms with Crippen LogP contribution in [0.25, 0.3) is 0 Å². The van der Waals surface area contributed by atoms with Crippen LogP contribution in [0.1, 0.15) is 25.3 Å². The highest BCUT2D eigenvalue weighted by Gasteiger charge is 2.22. The van der Waals surface area contributed by atoms with E-state index < -0.39 is 4.92 Å². The number of carbonyl (C=O) groups is 1. The molecular weight excluding hydrogens is 258 g/mol. The first-order valence-corrected chi connectivity index (χ1v) is 6.36. The Balaban J connectivity index is 2.27. The molecular formula is C14H15N3O3. The molecule has 0 aliphatic carbocycles.